The molecule has 0 unspecified atom stereocenters. The standard InChI is InChI=1S/C24H19FN2O5S/c1-15-6-11-20(12-16(15)2)26-23(28)22(13-17-7-9-19(25)10-8-17)33(31,32)24(26)18-4-3-5-21(14-18)27(29)30/h3-14,24H,1-2H3/b22-13+/t24-/m1/s1. The fraction of sp³-hybridized carbons (Fsp3) is 0.125. The predicted molar refractivity (Wildman–Crippen MR) is 123 cm³/mol. The number of carbonyl (C=O) groups excluding carboxylic acids is 1. The quantitative estimate of drug-likeness (QED) is 0.311. The minimum absolute atomic E-state index is 0.0956. The van der Waals surface area contributed by atoms with Crippen LogP contribution in [0.5, 0.6) is 0 Å². The molecule has 1 heterocycles. The van der Waals surface area contributed by atoms with Gasteiger partial charge in [-0.15, -0.1) is 0 Å². The van der Waals surface area contributed by atoms with Gasteiger partial charge in [0, 0.05) is 17.8 Å². The van der Waals surface area contributed by atoms with Gasteiger partial charge in [-0.05, 0) is 66.4 Å². The largest absolute Gasteiger partial charge is 0.286 e. The third kappa shape index (κ3) is 4.03. The minimum Gasteiger partial charge on any atom is -0.286 e. The number of anilines is 1. The van der Waals surface area contributed by atoms with E-state index < -0.39 is 36.8 Å². The summed E-state index contributed by atoms with van der Waals surface area (Å²) < 4.78 is 40.5. The molecule has 0 aromatic heterocycles. The van der Waals surface area contributed by atoms with E-state index in [1.165, 1.54) is 36.4 Å². The zero-order valence-electron chi connectivity index (χ0n) is 17.7. The van der Waals surface area contributed by atoms with Gasteiger partial charge < -0.3 is 0 Å². The van der Waals surface area contributed by atoms with Crippen molar-refractivity contribution in [3.05, 3.63) is 110 Å². The number of halogens is 1. The molecule has 4 rings (SSSR count). The average molecular weight is 466 g/mol. The van der Waals surface area contributed by atoms with Crippen LogP contribution in [0.1, 0.15) is 27.6 Å². The van der Waals surface area contributed by atoms with E-state index in [2.05, 4.69) is 0 Å². The van der Waals surface area contributed by atoms with E-state index in [-0.39, 0.29) is 11.3 Å². The van der Waals surface area contributed by atoms with Gasteiger partial charge in [0.15, 0.2) is 5.37 Å². The van der Waals surface area contributed by atoms with Gasteiger partial charge >= 0.3 is 0 Å². The fourth-order valence-corrected chi connectivity index (χ4v) is 5.59. The molecule has 1 amide bonds. The summed E-state index contributed by atoms with van der Waals surface area (Å²) in [6.07, 6.45) is 1.20. The first kappa shape index (κ1) is 22.3. The molecule has 1 saturated heterocycles. The lowest BCUT2D eigenvalue weighted by atomic mass is 10.1. The summed E-state index contributed by atoms with van der Waals surface area (Å²) in [5, 5.41) is 9.81. The first-order chi connectivity index (χ1) is 15.6. The maximum absolute atomic E-state index is 13.6. The molecular weight excluding hydrogens is 447 g/mol. The molecule has 168 valence electrons. The lowest BCUT2D eigenvalue weighted by molar-refractivity contribution is -0.384. The van der Waals surface area contributed by atoms with Gasteiger partial charge in [0.05, 0.1) is 4.92 Å². The van der Waals surface area contributed by atoms with Crippen LogP contribution < -0.4 is 4.90 Å². The van der Waals surface area contributed by atoms with Gasteiger partial charge in [-0.1, -0.05) is 30.3 Å². The van der Waals surface area contributed by atoms with E-state index in [1.54, 1.807) is 18.2 Å². The fourth-order valence-electron chi connectivity index (χ4n) is 3.71. The Morgan fingerprint density at radius 3 is 2.33 bits per heavy atom. The maximum atomic E-state index is 13.6. The highest BCUT2D eigenvalue weighted by atomic mass is 32.2. The first-order valence-electron chi connectivity index (χ1n) is 9.96. The van der Waals surface area contributed by atoms with Crippen LogP contribution in [-0.4, -0.2) is 19.2 Å². The van der Waals surface area contributed by atoms with Crippen molar-refractivity contribution in [2.45, 2.75) is 19.2 Å². The van der Waals surface area contributed by atoms with Gasteiger partial charge in [0.25, 0.3) is 11.6 Å². The summed E-state index contributed by atoms with van der Waals surface area (Å²) in [4.78, 5) is 24.8. The van der Waals surface area contributed by atoms with Crippen LogP contribution in [0, 0.1) is 29.8 Å². The van der Waals surface area contributed by atoms with Crippen LogP contribution in [-0.2, 0) is 14.6 Å². The molecule has 1 atom stereocenters. The maximum Gasteiger partial charge on any atom is 0.271 e. The molecule has 1 aliphatic heterocycles. The zero-order valence-corrected chi connectivity index (χ0v) is 18.5. The van der Waals surface area contributed by atoms with Crippen LogP contribution >= 0.6 is 0 Å². The van der Waals surface area contributed by atoms with E-state index in [9.17, 15) is 27.7 Å². The van der Waals surface area contributed by atoms with E-state index >= 15 is 0 Å². The molecule has 3 aromatic rings. The molecule has 1 fully saturated rings. The summed E-state index contributed by atoms with van der Waals surface area (Å²) in [5.74, 6) is -1.26. The molecule has 0 radical (unpaired) electrons. The lowest BCUT2D eigenvalue weighted by Gasteiger charge is -2.24. The number of non-ortho nitro benzene ring substituents is 1. The Hall–Kier alpha value is -3.85. The highest BCUT2D eigenvalue weighted by molar-refractivity contribution is 7.97. The summed E-state index contributed by atoms with van der Waals surface area (Å²) in [6, 6.07) is 15.4. The van der Waals surface area contributed by atoms with E-state index in [1.807, 2.05) is 13.8 Å². The summed E-state index contributed by atoms with van der Waals surface area (Å²) in [5.41, 5.74) is 2.31. The van der Waals surface area contributed by atoms with Crippen molar-refractivity contribution in [1.29, 1.82) is 0 Å². The minimum atomic E-state index is -4.28. The molecule has 0 spiro atoms. The number of nitro benzene ring substituents is 1. The van der Waals surface area contributed by atoms with E-state index in [4.69, 9.17) is 0 Å². The Morgan fingerprint density at radius 2 is 1.70 bits per heavy atom. The number of sulfone groups is 1. The topological polar surface area (TPSA) is 97.6 Å². The van der Waals surface area contributed by atoms with Crippen molar-refractivity contribution < 1.29 is 22.5 Å². The second-order valence-corrected chi connectivity index (χ2v) is 9.73. The number of hydrogen-bond acceptors (Lipinski definition) is 5. The Kier molecular flexibility index (Phi) is 5.59. The number of nitro groups is 1. The van der Waals surface area contributed by atoms with Gasteiger partial charge in [-0.2, -0.15) is 0 Å². The van der Waals surface area contributed by atoms with Crippen molar-refractivity contribution in [2.75, 3.05) is 4.90 Å². The molecule has 9 heteroatoms. The molecule has 1 aliphatic rings. The van der Waals surface area contributed by atoms with Crippen molar-refractivity contribution in [1.82, 2.24) is 0 Å². The van der Waals surface area contributed by atoms with Gasteiger partial charge in [0.2, 0.25) is 9.84 Å². The number of nitrogens with zero attached hydrogens (tertiary/aromatic N) is 2. The smallest absolute Gasteiger partial charge is 0.271 e. The Labute approximate surface area is 189 Å². The second-order valence-electron chi connectivity index (χ2n) is 7.75. The third-order valence-electron chi connectivity index (χ3n) is 5.57. The normalized spacial score (nSPS) is 18.6. The number of carbonyl (C=O) groups is 1. The average Bonchev–Trinajstić information content (AvgIpc) is 2.97. The number of benzene rings is 3. The van der Waals surface area contributed by atoms with E-state index in [0.717, 1.165) is 34.2 Å². The molecule has 0 N–H and O–H groups in total. The molecule has 7 nitrogen and oxygen atoms in total. The summed E-state index contributed by atoms with van der Waals surface area (Å²) in [6.45, 7) is 3.73. The summed E-state index contributed by atoms with van der Waals surface area (Å²) in [7, 11) is -4.28. The highest BCUT2D eigenvalue weighted by Crippen LogP contribution is 2.44. The van der Waals surface area contributed by atoms with Crippen molar-refractivity contribution in [2.24, 2.45) is 0 Å². The number of amides is 1. The Morgan fingerprint density at radius 1 is 1.00 bits per heavy atom. The molecule has 0 aliphatic carbocycles. The van der Waals surface area contributed by atoms with Gasteiger partial charge in [-0.25, -0.2) is 12.8 Å². The number of hydrogen-bond donors (Lipinski definition) is 0. The van der Waals surface area contributed by atoms with Crippen LogP contribution in [0.4, 0.5) is 15.8 Å². The van der Waals surface area contributed by atoms with Crippen molar-refractivity contribution in [3.8, 4) is 0 Å². The van der Waals surface area contributed by atoms with Crippen molar-refractivity contribution >= 4 is 33.2 Å². The Balaban J connectivity index is 1.94. The molecule has 0 bridgehead atoms. The Bertz CT molecular complexity index is 1420. The SMILES string of the molecule is Cc1ccc(N2C(=O)/C(=C\c3ccc(F)cc3)S(=O)(=O)[C@@H]2c2cccc([N+](=O)[O-])c2)cc1C. The van der Waals surface area contributed by atoms with Crippen LogP contribution in [0.2, 0.25) is 0 Å². The van der Waals surface area contributed by atoms with Gasteiger partial charge in [-0.3, -0.25) is 19.8 Å². The summed E-state index contributed by atoms with van der Waals surface area (Å²) >= 11 is 0. The number of rotatable bonds is 4. The monoisotopic (exact) mass is 466 g/mol. The predicted octanol–water partition coefficient (Wildman–Crippen LogP) is 4.85. The molecule has 0 saturated carbocycles. The van der Waals surface area contributed by atoms with Crippen molar-refractivity contribution in [3.63, 3.8) is 0 Å². The second kappa shape index (κ2) is 8.25. The zero-order chi connectivity index (χ0) is 23.9. The molecule has 33 heavy (non-hydrogen) atoms. The molecule has 3 aromatic carbocycles. The van der Waals surface area contributed by atoms with Crippen LogP contribution in [0.25, 0.3) is 6.08 Å². The van der Waals surface area contributed by atoms with E-state index in [0.29, 0.717) is 11.3 Å². The first-order valence-corrected chi connectivity index (χ1v) is 11.5. The lowest BCUT2D eigenvalue weighted by Crippen LogP contribution is -2.29. The number of aryl methyl sites for hydroxylation is 2. The van der Waals surface area contributed by atoms with Crippen LogP contribution in [0.15, 0.2) is 71.6 Å². The van der Waals surface area contributed by atoms with Gasteiger partial charge in [0.1, 0.15) is 10.7 Å². The molecular formula is C24H19FN2O5S. The van der Waals surface area contributed by atoms with Crippen LogP contribution in [0.3, 0.4) is 0 Å². The third-order valence-corrected chi connectivity index (χ3v) is 7.54. The highest BCUT2D eigenvalue weighted by Gasteiger charge is 2.50.